The van der Waals surface area contributed by atoms with Gasteiger partial charge in [-0.1, -0.05) is 0 Å². The SMILES string of the molecule is COc1ccc(NC(=O)N2CCN(S(=O)(=O)c3ccc4c(c3)NC(=O)CO4)CC2)cc1. The first-order chi connectivity index (χ1) is 14.9. The van der Waals surface area contributed by atoms with Crippen LogP contribution in [0.1, 0.15) is 0 Å². The van der Waals surface area contributed by atoms with Crippen LogP contribution in [-0.4, -0.2) is 69.5 Å². The zero-order chi connectivity index (χ0) is 22.0. The van der Waals surface area contributed by atoms with Crippen LogP contribution in [0.15, 0.2) is 47.4 Å². The number of nitrogens with zero attached hydrogens (tertiary/aromatic N) is 2. The number of fused-ring (bicyclic) bond motifs is 1. The van der Waals surface area contributed by atoms with Gasteiger partial charge in [-0.3, -0.25) is 4.79 Å². The van der Waals surface area contributed by atoms with Crippen molar-refractivity contribution < 1.29 is 27.5 Å². The Morgan fingerprint density at radius 1 is 1.10 bits per heavy atom. The van der Waals surface area contributed by atoms with Crippen molar-refractivity contribution in [1.82, 2.24) is 9.21 Å². The van der Waals surface area contributed by atoms with Gasteiger partial charge in [-0.25, -0.2) is 13.2 Å². The Morgan fingerprint density at radius 3 is 2.48 bits per heavy atom. The molecule has 2 aromatic carbocycles. The van der Waals surface area contributed by atoms with E-state index >= 15 is 0 Å². The van der Waals surface area contributed by atoms with Crippen LogP contribution >= 0.6 is 0 Å². The van der Waals surface area contributed by atoms with Crippen molar-refractivity contribution >= 4 is 33.3 Å². The molecule has 3 amide bonds. The molecular formula is C20H22N4O6S. The minimum Gasteiger partial charge on any atom is -0.497 e. The van der Waals surface area contributed by atoms with Crippen molar-refractivity contribution in [3.8, 4) is 11.5 Å². The van der Waals surface area contributed by atoms with Crippen LogP contribution in [0.3, 0.4) is 0 Å². The van der Waals surface area contributed by atoms with Crippen LogP contribution < -0.4 is 20.1 Å². The molecule has 1 fully saturated rings. The lowest BCUT2D eigenvalue weighted by molar-refractivity contribution is -0.118. The minimum absolute atomic E-state index is 0.0631. The van der Waals surface area contributed by atoms with Gasteiger partial charge in [0, 0.05) is 31.9 Å². The topological polar surface area (TPSA) is 117 Å². The lowest BCUT2D eigenvalue weighted by Gasteiger charge is -2.34. The number of piperazine rings is 1. The predicted octanol–water partition coefficient (Wildman–Crippen LogP) is 1.56. The molecule has 31 heavy (non-hydrogen) atoms. The third-order valence-corrected chi connectivity index (χ3v) is 6.98. The van der Waals surface area contributed by atoms with Gasteiger partial charge in [-0.05, 0) is 42.5 Å². The van der Waals surface area contributed by atoms with Crippen molar-refractivity contribution in [2.75, 3.05) is 50.5 Å². The molecule has 0 unspecified atom stereocenters. The van der Waals surface area contributed by atoms with E-state index in [1.54, 1.807) is 36.3 Å². The Bertz CT molecular complexity index is 1100. The molecule has 2 aliphatic rings. The molecule has 0 atom stereocenters. The molecule has 2 heterocycles. The summed E-state index contributed by atoms with van der Waals surface area (Å²) in [6, 6.07) is 11.0. The van der Waals surface area contributed by atoms with Crippen molar-refractivity contribution in [3.63, 3.8) is 0 Å². The second-order valence-electron chi connectivity index (χ2n) is 7.04. The highest BCUT2D eigenvalue weighted by atomic mass is 32.2. The number of methoxy groups -OCH3 is 1. The fraction of sp³-hybridized carbons (Fsp3) is 0.300. The Kier molecular flexibility index (Phi) is 5.70. The number of sulfonamides is 1. The molecule has 0 saturated carbocycles. The van der Waals surface area contributed by atoms with Crippen molar-refractivity contribution in [1.29, 1.82) is 0 Å². The third kappa shape index (κ3) is 4.42. The molecular weight excluding hydrogens is 424 g/mol. The van der Waals surface area contributed by atoms with E-state index in [0.717, 1.165) is 0 Å². The molecule has 1 saturated heterocycles. The molecule has 2 aromatic rings. The minimum atomic E-state index is -3.77. The van der Waals surface area contributed by atoms with Gasteiger partial charge in [-0.15, -0.1) is 0 Å². The molecule has 164 valence electrons. The van der Waals surface area contributed by atoms with E-state index in [2.05, 4.69) is 10.6 Å². The summed E-state index contributed by atoms with van der Waals surface area (Å²) in [5.74, 6) is 0.780. The zero-order valence-corrected chi connectivity index (χ0v) is 17.6. The van der Waals surface area contributed by atoms with Gasteiger partial charge in [0.25, 0.3) is 5.91 Å². The standard InChI is InChI=1S/C20H22N4O6S/c1-29-15-4-2-14(3-5-15)21-20(26)23-8-10-24(11-9-23)31(27,28)16-6-7-18-17(12-16)22-19(25)13-30-18/h2-7,12H,8-11,13H2,1H3,(H,21,26)(H,22,25). The number of benzene rings is 2. The molecule has 4 rings (SSSR count). The van der Waals surface area contributed by atoms with E-state index in [-0.39, 0.29) is 49.6 Å². The van der Waals surface area contributed by atoms with Gasteiger partial charge in [0.15, 0.2) is 6.61 Å². The number of amides is 3. The lowest BCUT2D eigenvalue weighted by atomic mass is 10.2. The lowest BCUT2D eigenvalue weighted by Crippen LogP contribution is -2.51. The zero-order valence-electron chi connectivity index (χ0n) is 16.8. The monoisotopic (exact) mass is 446 g/mol. The molecule has 10 nitrogen and oxygen atoms in total. The van der Waals surface area contributed by atoms with Crippen molar-refractivity contribution in [2.45, 2.75) is 4.90 Å². The Balaban J connectivity index is 1.39. The van der Waals surface area contributed by atoms with Gasteiger partial charge >= 0.3 is 6.03 Å². The molecule has 0 aromatic heterocycles. The largest absolute Gasteiger partial charge is 0.497 e. The molecule has 11 heteroatoms. The van der Waals surface area contributed by atoms with Crippen LogP contribution in [0.2, 0.25) is 0 Å². The van der Waals surface area contributed by atoms with E-state index < -0.39 is 10.0 Å². The highest BCUT2D eigenvalue weighted by Gasteiger charge is 2.31. The summed E-state index contributed by atoms with van der Waals surface area (Å²) < 4.78 is 37.7. The van der Waals surface area contributed by atoms with Crippen molar-refractivity contribution in [2.24, 2.45) is 0 Å². The normalized spacial score (nSPS) is 16.7. The maximum atomic E-state index is 13.0. The maximum absolute atomic E-state index is 13.0. The first-order valence-electron chi connectivity index (χ1n) is 9.63. The highest BCUT2D eigenvalue weighted by molar-refractivity contribution is 7.89. The number of hydrogen-bond donors (Lipinski definition) is 2. The molecule has 2 N–H and O–H groups in total. The smallest absolute Gasteiger partial charge is 0.321 e. The third-order valence-electron chi connectivity index (χ3n) is 5.09. The first-order valence-corrected chi connectivity index (χ1v) is 11.1. The van der Waals surface area contributed by atoms with Gasteiger partial charge in [0.2, 0.25) is 10.0 Å². The van der Waals surface area contributed by atoms with Crippen LogP contribution in [-0.2, 0) is 14.8 Å². The number of nitrogens with one attached hydrogen (secondary N) is 2. The quantitative estimate of drug-likeness (QED) is 0.736. The van der Waals surface area contributed by atoms with Crippen LogP contribution in [0.5, 0.6) is 11.5 Å². The fourth-order valence-corrected chi connectivity index (χ4v) is 4.83. The van der Waals surface area contributed by atoms with E-state index in [4.69, 9.17) is 9.47 Å². The Morgan fingerprint density at radius 2 is 1.81 bits per heavy atom. The van der Waals surface area contributed by atoms with Gasteiger partial charge in [-0.2, -0.15) is 4.31 Å². The summed E-state index contributed by atoms with van der Waals surface area (Å²) in [6.07, 6.45) is 0. The number of rotatable bonds is 4. The second-order valence-corrected chi connectivity index (χ2v) is 8.98. The average Bonchev–Trinajstić information content (AvgIpc) is 2.79. The first kappa shape index (κ1) is 20.9. The number of anilines is 2. The summed E-state index contributed by atoms with van der Waals surface area (Å²) in [5, 5.41) is 5.41. The van der Waals surface area contributed by atoms with E-state index in [1.165, 1.54) is 22.5 Å². The van der Waals surface area contributed by atoms with E-state index in [9.17, 15) is 18.0 Å². The Hall–Kier alpha value is -3.31. The number of hydrogen-bond acceptors (Lipinski definition) is 6. The average molecular weight is 446 g/mol. The number of ether oxygens (including phenoxy) is 2. The maximum Gasteiger partial charge on any atom is 0.321 e. The highest BCUT2D eigenvalue weighted by Crippen LogP contribution is 2.31. The molecule has 0 radical (unpaired) electrons. The van der Waals surface area contributed by atoms with Crippen LogP contribution in [0.4, 0.5) is 16.2 Å². The van der Waals surface area contributed by atoms with Gasteiger partial charge in [0.05, 0.1) is 17.7 Å². The predicted molar refractivity (Wildman–Crippen MR) is 113 cm³/mol. The van der Waals surface area contributed by atoms with E-state index in [0.29, 0.717) is 22.9 Å². The summed E-state index contributed by atoms with van der Waals surface area (Å²) in [4.78, 5) is 25.6. The molecule has 0 bridgehead atoms. The summed E-state index contributed by atoms with van der Waals surface area (Å²) in [5.41, 5.74) is 0.953. The summed E-state index contributed by atoms with van der Waals surface area (Å²) >= 11 is 0. The molecule has 2 aliphatic heterocycles. The number of carbonyl (C=O) groups is 2. The Labute approximate surface area is 179 Å². The summed E-state index contributed by atoms with van der Waals surface area (Å²) in [7, 11) is -2.21. The number of carbonyl (C=O) groups excluding carboxylic acids is 2. The van der Waals surface area contributed by atoms with Crippen LogP contribution in [0.25, 0.3) is 0 Å². The summed E-state index contributed by atoms with van der Waals surface area (Å²) in [6.45, 7) is 0.744. The van der Waals surface area contributed by atoms with Gasteiger partial charge < -0.3 is 25.0 Å². The second kappa shape index (κ2) is 8.44. The van der Waals surface area contributed by atoms with Crippen molar-refractivity contribution in [3.05, 3.63) is 42.5 Å². The van der Waals surface area contributed by atoms with Gasteiger partial charge in [0.1, 0.15) is 11.5 Å². The molecule has 0 aliphatic carbocycles. The van der Waals surface area contributed by atoms with Crippen LogP contribution in [0, 0.1) is 0 Å². The fourth-order valence-electron chi connectivity index (χ4n) is 3.38. The van der Waals surface area contributed by atoms with E-state index in [1.807, 2.05) is 0 Å². The molecule has 0 spiro atoms. The number of urea groups is 1.